The molecule has 5 nitrogen and oxygen atoms in total. The molecule has 0 unspecified atom stereocenters. The molecule has 1 atom stereocenters. The topological polar surface area (TPSA) is 75.6 Å². The minimum absolute atomic E-state index is 0.00630. The number of ether oxygens (including phenoxy) is 1. The quantitative estimate of drug-likeness (QED) is 0.589. The first-order chi connectivity index (χ1) is 5.99. The lowest BCUT2D eigenvalue weighted by atomic mass is 10.1. The number of hydrogen-bond donors (Lipinski definition) is 2. The summed E-state index contributed by atoms with van der Waals surface area (Å²) in [6.45, 7) is 3.39. The van der Waals surface area contributed by atoms with Crippen molar-refractivity contribution in [3.05, 3.63) is 0 Å². The van der Waals surface area contributed by atoms with Gasteiger partial charge in [-0.15, -0.1) is 0 Å². The van der Waals surface area contributed by atoms with E-state index in [4.69, 9.17) is 5.11 Å². The monoisotopic (exact) mass is 189 g/mol. The third-order valence-corrected chi connectivity index (χ3v) is 1.59. The van der Waals surface area contributed by atoms with E-state index in [0.717, 1.165) is 0 Å². The minimum Gasteiger partial charge on any atom is -0.480 e. The van der Waals surface area contributed by atoms with Crippen LogP contribution in [0.2, 0.25) is 0 Å². The van der Waals surface area contributed by atoms with Crippen LogP contribution in [0.4, 0.5) is 0 Å². The molecule has 0 fully saturated rings. The lowest BCUT2D eigenvalue weighted by Crippen LogP contribution is -2.43. The molecule has 5 heteroatoms. The van der Waals surface area contributed by atoms with Crippen LogP contribution in [0.15, 0.2) is 0 Å². The molecule has 2 N–H and O–H groups in total. The van der Waals surface area contributed by atoms with E-state index in [1.807, 2.05) is 13.8 Å². The van der Waals surface area contributed by atoms with Crippen LogP contribution in [-0.4, -0.2) is 36.7 Å². The molecule has 0 bridgehead atoms. The number of carboxylic acid groups (broad SMARTS) is 1. The number of methoxy groups -OCH3 is 1. The molecule has 0 radical (unpaired) electrons. The number of carboxylic acids is 1. The molecule has 0 aliphatic rings. The second-order valence-corrected chi connectivity index (χ2v) is 3.02. The Labute approximate surface area is 77.1 Å². The summed E-state index contributed by atoms with van der Waals surface area (Å²) in [6, 6.07) is -0.555. The summed E-state index contributed by atoms with van der Waals surface area (Å²) in [5.41, 5.74) is 0. The van der Waals surface area contributed by atoms with Crippen molar-refractivity contribution < 1.29 is 19.4 Å². The maximum Gasteiger partial charge on any atom is 0.323 e. The molecule has 0 aromatic heterocycles. The van der Waals surface area contributed by atoms with Gasteiger partial charge in [-0.2, -0.15) is 0 Å². The largest absolute Gasteiger partial charge is 0.480 e. The Bertz CT molecular complexity index is 191. The Balaban J connectivity index is 4.10. The maximum absolute atomic E-state index is 11.1. The standard InChI is InChI=1S/C8H15NO4/c1-5(2)7(8(12)13-3)9-4-6(10)11/h5,7,9H,4H2,1-3H3,(H,10,11)/t7-/m1/s1. The van der Waals surface area contributed by atoms with Gasteiger partial charge in [0.25, 0.3) is 0 Å². The van der Waals surface area contributed by atoms with E-state index in [2.05, 4.69) is 10.1 Å². The fourth-order valence-electron chi connectivity index (χ4n) is 0.915. The summed E-state index contributed by atoms with van der Waals surface area (Å²) < 4.78 is 4.51. The van der Waals surface area contributed by atoms with Crippen LogP contribution in [-0.2, 0) is 14.3 Å². The number of rotatable bonds is 5. The van der Waals surface area contributed by atoms with E-state index in [1.165, 1.54) is 7.11 Å². The fourth-order valence-corrected chi connectivity index (χ4v) is 0.915. The Morgan fingerprint density at radius 1 is 1.46 bits per heavy atom. The normalized spacial score (nSPS) is 12.6. The van der Waals surface area contributed by atoms with E-state index in [-0.39, 0.29) is 12.5 Å². The van der Waals surface area contributed by atoms with Gasteiger partial charge in [0.2, 0.25) is 0 Å². The number of nitrogens with one attached hydrogen (secondary N) is 1. The van der Waals surface area contributed by atoms with Crippen molar-refractivity contribution in [1.29, 1.82) is 0 Å². The zero-order valence-electron chi connectivity index (χ0n) is 8.03. The smallest absolute Gasteiger partial charge is 0.323 e. The number of hydrogen-bond acceptors (Lipinski definition) is 4. The SMILES string of the molecule is COC(=O)[C@H](NCC(=O)O)C(C)C. The Morgan fingerprint density at radius 3 is 2.31 bits per heavy atom. The van der Waals surface area contributed by atoms with Gasteiger partial charge in [-0.25, -0.2) is 0 Å². The number of carbonyl (C=O) groups excluding carboxylic acids is 1. The van der Waals surface area contributed by atoms with E-state index in [0.29, 0.717) is 0 Å². The van der Waals surface area contributed by atoms with Gasteiger partial charge in [0.1, 0.15) is 6.04 Å². The van der Waals surface area contributed by atoms with Crippen LogP contribution >= 0.6 is 0 Å². The molecule has 0 aliphatic carbocycles. The Morgan fingerprint density at radius 2 is 2.00 bits per heavy atom. The third-order valence-electron chi connectivity index (χ3n) is 1.59. The van der Waals surface area contributed by atoms with Crippen molar-refractivity contribution >= 4 is 11.9 Å². The lowest BCUT2D eigenvalue weighted by molar-refractivity contribution is -0.144. The third kappa shape index (κ3) is 4.47. The van der Waals surface area contributed by atoms with Gasteiger partial charge >= 0.3 is 11.9 Å². The molecule has 0 aromatic rings. The zero-order chi connectivity index (χ0) is 10.4. The molecule has 0 aliphatic heterocycles. The Kier molecular flexibility index (Phi) is 5.06. The van der Waals surface area contributed by atoms with Crippen molar-refractivity contribution in [2.24, 2.45) is 5.92 Å². The number of esters is 1. The van der Waals surface area contributed by atoms with Crippen molar-refractivity contribution in [1.82, 2.24) is 5.32 Å². The van der Waals surface area contributed by atoms with Gasteiger partial charge in [-0.1, -0.05) is 13.8 Å². The van der Waals surface area contributed by atoms with Gasteiger partial charge in [-0.3, -0.25) is 14.9 Å². The van der Waals surface area contributed by atoms with Crippen LogP contribution in [0, 0.1) is 5.92 Å². The molecule has 0 spiro atoms. The molecule has 0 saturated heterocycles. The fraction of sp³-hybridized carbons (Fsp3) is 0.750. The number of carbonyl (C=O) groups is 2. The van der Waals surface area contributed by atoms with Gasteiger partial charge in [0.15, 0.2) is 0 Å². The molecule has 0 amide bonds. The summed E-state index contributed by atoms with van der Waals surface area (Å²) in [7, 11) is 1.28. The van der Waals surface area contributed by atoms with Crippen molar-refractivity contribution in [2.75, 3.05) is 13.7 Å². The van der Waals surface area contributed by atoms with E-state index < -0.39 is 18.0 Å². The molecule has 0 rings (SSSR count). The minimum atomic E-state index is -0.991. The molecular weight excluding hydrogens is 174 g/mol. The molecule has 13 heavy (non-hydrogen) atoms. The average molecular weight is 189 g/mol. The van der Waals surface area contributed by atoms with Crippen LogP contribution in [0.1, 0.15) is 13.8 Å². The number of aliphatic carboxylic acids is 1. The first kappa shape index (κ1) is 11.9. The van der Waals surface area contributed by atoms with Crippen molar-refractivity contribution in [3.63, 3.8) is 0 Å². The van der Waals surface area contributed by atoms with Crippen molar-refractivity contribution in [2.45, 2.75) is 19.9 Å². The maximum atomic E-state index is 11.1. The predicted octanol–water partition coefficient (Wildman–Crippen LogP) is -0.142. The summed E-state index contributed by atoms with van der Waals surface area (Å²) >= 11 is 0. The molecule has 0 aromatic carbocycles. The highest BCUT2D eigenvalue weighted by molar-refractivity contribution is 5.77. The average Bonchev–Trinajstić information content (AvgIpc) is 2.03. The summed E-state index contributed by atoms with van der Waals surface area (Å²) in [4.78, 5) is 21.3. The van der Waals surface area contributed by atoms with E-state index in [9.17, 15) is 9.59 Å². The van der Waals surface area contributed by atoms with E-state index in [1.54, 1.807) is 0 Å². The van der Waals surface area contributed by atoms with Crippen LogP contribution in [0.3, 0.4) is 0 Å². The summed E-state index contributed by atoms with van der Waals surface area (Å²) in [5, 5.41) is 11.0. The van der Waals surface area contributed by atoms with Crippen LogP contribution < -0.4 is 5.32 Å². The van der Waals surface area contributed by atoms with Crippen molar-refractivity contribution in [3.8, 4) is 0 Å². The van der Waals surface area contributed by atoms with E-state index >= 15 is 0 Å². The Hall–Kier alpha value is -1.10. The van der Waals surface area contributed by atoms with Gasteiger partial charge in [-0.05, 0) is 5.92 Å². The highest BCUT2D eigenvalue weighted by Crippen LogP contribution is 2.02. The molecular formula is C8H15NO4. The second-order valence-electron chi connectivity index (χ2n) is 3.02. The second kappa shape index (κ2) is 5.53. The predicted molar refractivity (Wildman–Crippen MR) is 46.3 cm³/mol. The van der Waals surface area contributed by atoms with Gasteiger partial charge < -0.3 is 9.84 Å². The van der Waals surface area contributed by atoms with Crippen LogP contribution in [0.25, 0.3) is 0 Å². The van der Waals surface area contributed by atoms with Gasteiger partial charge in [0.05, 0.1) is 13.7 Å². The molecule has 76 valence electrons. The summed E-state index contributed by atoms with van der Waals surface area (Å²) in [6.07, 6.45) is 0. The highest BCUT2D eigenvalue weighted by atomic mass is 16.5. The highest BCUT2D eigenvalue weighted by Gasteiger charge is 2.22. The first-order valence-corrected chi connectivity index (χ1v) is 4.02. The zero-order valence-corrected chi connectivity index (χ0v) is 8.03. The molecule has 0 saturated carbocycles. The summed E-state index contributed by atoms with van der Waals surface area (Å²) in [5.74, 6) is -1.42. The van der Waals surface area contributed by atoms with Gasteiger partial charge in [0, 0.05) is 0 Å². The molecule has 0 heterocycles. The van der Waals surface area contributed by atoms with Crippen LogP contribution in [0.5, 0.6) is 0 Å². The first-order valence-electron chi connectivity index (χ1n) is 4.02. The lowest BCUT2D eigenvalue weighted by Gasteiger charge is -2.18.